The van der Waals surface area contributed by atoms with Crippen LogP contribution in [-0.2, 0) is 6.42 Å². The van der Waals surface area contributed by atoms with Gasteiger partial charge in [-0.25, -0.2) is 9.37 Å². The molecule has 0 aliphatic rings. The number of anilines is 1. The molecule has 4 aromatic rings. The van der Waals surface area contributed by atoms with Crippen molar-refractivity contribution in [1.29, 1.82) is 0 Å². The first-order chi connectivity index (χ1) is 14.6. The van der Waals surface area contributed by atoms with Crippen LogP contribution in [0.15, 0.2) is 72.8 Å². The molecular formula is C23H19FN4O2. The van der Waals surface area contributed by atoms with Gasteiger partial charge < -0.3 is 15.6 Å². The van der Waals surface area contributed by atoms with E-state index in [1.165, 1.54) is 24.3 Å². The average molecular weight is 402 g/mol. The molecule has 3 aromatic carbocycles. The molecule has 0 bridgehead atoms. The van der Waals surface area contributed by atoms with E-state index in [1.807, 2.05) is 24.3 Å². The van der Waals surface area contributed by atoms with Crippen LogP contribution in [0.25, 0.3) is 11.0 Å². The first-order valence-electron chi connectivity index (χ1n) is 9.47. The lowest BCUT2D eigenvalue weighted by molar-refractivity contribution is 0.0952. The maximum Gasteiger partial charge on any atom is 0.255 e. The maximum absolute atomic E-state index is 13.0. The Bertz CT molecular complexity index is 1170. The van der Waals surface area contributed by atoms with Crippen molar-refractivity contribution in [2.24, 2.45) is 0 Å². The molecule has 0 aliphatic heterocycles. The second kappa shape index (κ2) is 8.57. The molecule has 1 aromatic heterocycles. The SMILES string of the molecule is O=C(NCCc1nc2ccccc2[nH]1)c1cccc(NC(=O)c2ccc(F)cc2)c1. The number of carbonyl (C=O) groups is 2. The van der Waals surface area contributed by atoms with Crippen molar-refractivity contribution in [2.75, 3.05) is 11.9 Å². The van der Waals surface area contributed by atoms with Gasteiger partial charge in [0.1, 0.15) is 11.6 Å². The Morgan fingerprint density at radius 3 is 2.50 bits per heavy atom. The Kier molecular flexibility index (Phi) is 5.52. The predicted octanol–water partition coefficient (Wildman–Crippen LogP) is 3.93. The van der Waals surface area contributed by atoms with Crippen molar-refractivity contribution >= 4 is 28.5 Å². The number of aromatic nitrogens is 2. The zero-order valence-corrected chi connectivity index (χ0v) is 16.0. The summed E-state index contributed by atoms with van der Waals surface area (Å²) in [4.78, 5) is 32.4. The van der Waals surface area contributed by atoms with Crippen LogP contribution in [0.3, 0.4) is 0 Å². The van der Waals surface area contributed by atoms with Crippen molar-refractivity contribution in [1.82, 2.24) is 15.3 Å². The van der Waals surface area contributed by atoms with Gasteiger partial charge in [-0.15, -0.1) is 0 Å². The molecule has 2 amide bonds. The summed E-state index contributed by atoms with van der Waals surface area (Å²) in [5.74, 6) is -0.230. The summed E-state index contributed by atoms with van der Waals surface area (Å²) in [5, 5.41) is 5.57. The molecule has 0 unspecified atom stereocenters. The van der Waals surface area contributed by atoms with E-state index >= 15 is 0 Å². The monoisotopic (exact) mass is 402 g/mol. The Labute approximate surface area is 172 Å². The summed E-state index contributed by atoms with van der Waals surface area (Å²) in [6, 6.07) is 19.6. The van der Waals surface area contributed by atoms with Crippen LogP contribution >= 0.6 is 0 Å². The third-order valence-electron chi connectivity index (χ3n) is 4.57. The number of nitrogens with one attached hydrogen (secondary N) is 3. The van der Waals surface area contributed by atoms with E-state index in [1.54, 1.807) is 24.3 Å². The zero-order chi connectivity index (χ0) is 20.9. The fourth-order valence-corrected chi connectivity index (χ4v) is 3.06. The van der Waals surface area contributed by atoms with Crippen LogP contribution in [0.4, 0.5) is 10.1 Å². The standard InChI is InChI=1S/C23H19FN4O2/c24-17-10-8-15(9-11-17)23(30)26-18-5-3-4-16(14-18)22(29)25-13-12-21-27-19-6-1-2-7-20(19)28-21/h1-11,14H,12-13H2,(H,25,29)(H,26,30)(H,27,28). The van der Waals surface area contributed by atoms with E-state index < -0.39 is 5.82 Å². The second-order valence-corrected chi connectivity index (χ2v) is 6.75. The Morgan fingerprint density at radius 1 is 0.900 bits per heavy atom. The van der Waals surface area contributed by atoms with Crippen molar-refractivity contribution in [3.63, 3.8) is 0 Å². The van der Waals surface area contributed by atoms with Gasteiger partial charge in [0.15, 0.2) is 0 Å². The van der Waals surface area contributed by atoms with Gasteiger partial charge in [-0.1, -0.05) is 18.2 Å². The quantitative estimate of drug-likeness (QED) is 0.457. The topological polar surface area (TPSA) is 86.9 Å². The van der Waals surface area contributed by atoms with Crippen LogP contribution in [0, 0.1) is 5.82 Å². The normalized spacial score (nSPS) is 10.7. The van der Waals surface area contributed by atoms with E-state index in [4.69, 9.17) is 0 Å². The van der Waals surface area contributed by atoms with Crippen LogP contribution in [-0.4, -0.2) is 28.3 Å². The second-order valence-electron chi connectivity index (χ2n) is 6.75. The van der Waals surface area contributed by atoms with Crippen LogP contribution in [0.2, 0.25) is 0 Å². The number of carbonyl (C=O) groups excluding carboxylic acids is 2. The molecule has 150 valence electrons. The Morgan fingerprint density at radius 2 is 1.70 bits per heavy atom. The highest BCUT2D eigenvalue weighted by Crippen LogP contribution is 2.13. The zero-order valence-electron chi connectivity index (χ0n) is 16.0. The molecule has 0 saturated heterocycles. The van der Waals surface area contributed by atoms with E-state index in [9.17, 15) is 14.0 Å². The highest BCUT2D eigenvalue weighted by Gasteiger charge is 2.10. The number of para-hydroxylation sites is 2. The molecule has 0 aliphatic carbocycles. The fraction of sp³-hybridized carbons (Fsp3) is 0.0870. The number of aromatic amines is 1. The number of hydrogen-bond donors (Lipinski definition) is 3. The van der Waals surface area contributed by atoms with Gasteiger partial charge in [0.25, 0.3) is 11.8 Å². The number of hydrogen-bond acceptors (Lipinski definition) is 3. The molecule has 1 heterocycles. The van der Waals surface area contributed by atoms with E-state index in [-0.39, 0.29) is 11.8 Å². The van der Waals surface area contributed by atoms with Gasteiger partial charge in [0.05, 0.1) is 11.0 Å². The highest BCUT2D eigenvalue weighted by molar-refractivity contribution is 6.05. The number of fused-ring (bicyclic) bond motifs is 1. The summed E-state index contributed by atoms with van der Waals surface area (Å²) in [6.45, 7) is 0.421. The number of halogens is 1. The minimum absolute atomic E-state index is 0.246. The molecular weight excluding hydrogens is 383 g/mol. The summed E-state index contributed by atoms with van der Waals surface area (Å²) < 4.78 is 13.0. The van der Waals surface area contributed by atoms with Gasteiger partial charge >= 0.3 is 0 Å². The largest absolute Gasteiger partial charge is 0.352 e. The average Bonchev–Trinajstić information content (AvgIpc) is 3.17. The lowest BCUT2D eigenvalue weighted by Gasteiger charge is -2.08. The number of nitrogens with zero attached hydrogens (tertiary/aromatic N) is 1. The molecule has 6 nitrogen and oxygen atoms in total. The van der Waals surface area contributed by atoms with Crippen LogP contribution < -0.4 is 10.6 Å². The highest BCUT2D eigenvalue weighted by atomic mass is 19.1. The molecule has 0 atom stereocenters. The number of rotatable bonds is 6. The third-order valence-corrected chi connectivity index (χ3v) is 4.57. The third kappa shape index (κ3) is 4.52. The maximum atomic E-state index is 13.0. The van der Waals surface area contributed by atoms with E-state index in [0.717, 1.165) is 16.9 Å². The predicted molar refractivity (Wildman–Crippen MR) is 113 cm³/mol. The molecule has 0 spiro atoms. The molecule has 7 heteroatoms. The number of imidazole rings is 1. The summed E-state index contributed by atoms with van der Waals surface area (Å²) in [5.41, 5.74) is 3.09. The number of amides is 2. The van der Waals surface area contributed by atoms with Crippen molar-refractivity contribution in [2.45, 2.75) is 6.42 Å². The molecule has 4 rings (SSSR count). The van der Waals surface area contributed by atoms with Crippen molar-refractivity contribution in [3.8, 4) is 0 Å². The number of benzene rings is 3. The summed E-state index contributed by atoms with van der Waals surface area (Å²) in [6.07, 6.45) is 0.571. The summed E-state index contributed by atoms with van der Waals surface area (Å²) >= 11 is 0. The Balaban J connectivity index is 1.35. The molecule has 0 fully saturated rings. The van der Waals surface area contributed by atoms with E-state index in [2.05, 4.69) is 20.6 Å². The lowest BCUT2D eigenvalue weighted by Crippen LogP contribution is -2.26. The minimum atomic E-state index is -0.409. The molecule has 0 radical (unpaired) electrons. The first-order valence-corrected chi connectivity index (χ1v) is 9.47. The first kappa shape index (κ1) is 19.3. The van der Waals surface area contributed by atoms with Crippen molar-refractivity contribution < 1.29 is 14.0 Å². The minimum Gasteiger partial charge on any atom is -0.352 e. The fourth-order valence-electron chi connectivity index (χ4n) is 3.06. The van der Waals surface area contributed by atoms with Gasteiger partial charge in [-0.05, 0) is 54.6 Å². The van der Waals surface area contributed by atoms with Gasteiger partial charge in [0.2, 0.25) is 0 Å². The molecule has 30 heavy (non-hydrogen) atoms. The summed E-state index contributed by atoms with van der Waals surface area (Å²) in [7, 11) is 0. The number of H-pyrrole nitrogens is 1. The van der Waals surface area contributed by atoms with E-state index in [0.29, 0.717) is 29.8 Å². The lowest BCUT2D eigenvalue weighted by atomic mass is 10.1. The molecule has 3 N–H and O–H groups in total. The van der Waals surface area contributed by atoms with Crippen LogP contribution in [0.1, 0.15) is 26.5 Å². The molecule has 0 saturated carbocycles. The van der Waals surface area contributed by atoms with Crippen LogP contribution in [0.5, 0.6) is 0 Å². The van der Waals surface area contributed by atoms with Gasteiger partial charge in [-0.3, -0.25) is 9.59 Å². The van der Waals surface area contributed by atoms with Gasteiger partial charge in [0, 0.05) is 29.8 Å². The smallest absolute Gasteiger partial charge is 0.255 e. The van der Waals surface area contributed by atoms with Gasteiger partial charge in [-0.2, -0.15) is 0 Å². The van der Waals surface area contributed by atoms with Crippen molar-refractivity contribution in [3.05, 3.63) is 95.6 Å². The Hall–Kier alpha value is -4.00.